The summed E-state index contributed by atoms with van der Waals surface area (Å²) in [6.07, 6.45) is 0. The average molecular weight is 275 g/mol. The van der Waals surface area contributed by atoms with Crippen LogP contribution in [0, 0.1) is 0 Å². The molecular formula is C12H25N3O2S. The molecule has 1 heterocycles. The van der Waals surface area contributed by atoms with Crippen molar-refractivity contribution in [3.8, 4) is 0 Å². The zero-order valence-corrected chi connectivity index (χ0v) is 12.2. The largest absolute Gasteiger partial charge is 0.380 e. The van der Waals surface area contributed by atoms with E-state index in [1.807, 2.05) is 13.8 Å². The van der Waals surface area contributed by atoms with Gasteiger partial charge in [-0.2, -0.15) is 0 Å². The molecule has 1 saturated heterocycles. The number of thiocarbonyl (C=S) groups is 1. The Morgan fingerprint density at radius 2 is 2.06 bits per heavy atom. The molecule has 0 amide bonds. The average Bonchev–Trinajstić information content (AvgIpc) is 2.40. The first-order chi connectivity index (χ1) is 8.77. The lowest BCUT2D eigenvalue weighted by molar-refractivity contribution is -0.00743. The van der Waals surface area contributed by atoms with Gasteiger partial charge in [0.2, 0.25) is 0 Å². The van der Waals surface area contributed by atoms with Crippen LogP contribution in [0.5, 0.6) is 0 Å². The van der Waals surface area contributed by atoms with Crippen LogP contribution in [0.15, 0.2) is 0 Å². The highest BCUT2D eigenvalue weighted by atomic mass is 32.1. The molecule has 5 nitrogen and oxygen atoms in total. The Bertz CT molecular complexity index is 235. The molecule has 0 aromatic carbocycles. The summed E-state index contributed by atoms with van der Waals surface area (Å²) in [6, 6.07) is 0.352. The molecule has 0 bridgehead atoms. The third-order valence-corrected chi connectivity index (χ3v) is 3.20. The smallest absolute Gasteiger partial charge is 0.166 e. The molecule has 6 heteroatoms. The molecule has 106 valence electrons. The Labute approximate surface area is 115 Å². The van der Waals surface area contributed by atoms with E-state index in [2.05, 4.69) is 15.5 Å². The van der Waals surface area contributed by atoms with E-state index in [0.29, 0.717) is 11.2 Å². The van der Waals surface area contributed by atoms with Crippen LogP contribution in [-0.4, -0.2) is 68.7 Å². The summed E-state index contributed by atoms with van der Waals surface area (Å²) >= 11 is 5.18. The van der Waals surface area contributed by atoms with E-state index in [1.54, 1.807) is 0 Å². The predicted octanol–water partition coefficient (Wildman–Crippen LogP) is 0.208. The lowest BCUT2D eigenvalue weighted by Gasteiger charge is -2.34. The van der Waals surface area contributed by atoms with Crippen molar-refractivity contribution in [2.45, 2.75) is 19.9 Å². The van der Waals surface area contributed by atoms with Crippen molar-refractivity contribution in [1.82, 2.24) is 15.5 Å². The highest BCUT2D eigenvalue weighted by Gasteiger charge is 2.21. The third kappa shape index (κ3) is 5.95. The van der Waals surface area contributed by atoms with Crippen molar-refractivity contribution in [3.63, 3.8) is 0 Å². The molecule has 0 aliphatic carbocycles. The number of hydrogen-bond donors (Lipinski definition) is 2. The number of nitrogens with zero attached hydrogens (tertiary/aromatic N) is 1. The van der Waals surface area contributed by atoms with Gasteiger partial charge in [0, 0.05) is 32.8 Å². The van der Waals surface area contributed by atoms with Gasteiger partial charge in [-0.15, -0.1) is 0 Å². The van der Waals surface area contributed by atoms with E-state index in [9.17, 15) is 0 Å². The van der Waals surface area contributed by atoms with Gasteiger partial charge >= 0.3 is 0 Å². The van der Waals surface area contributed by atoms with Crippen LogP contribution in [0.4, 0.5) is 0 Å². The van der Waals surface area contributed by atoms with E-state index < -0.39 is 0 Å². The molecule has 1 aliphatic rings. The number of rotatable bonds is 7. The molecule has 1 unspecified atom stereocenters. The van der Waals surface area contributed by atoms with Gasteiger partial charge in [0.05, 0.1) is 25.9 Å². The summed E-state index contributed by atoms with van der Waals surface area (Å²) in [6.45, 7) is 10.7. The van der Waals surface area contributed by atoms with E-state index >= 15 is 0 Å². The van der Waals surface area contributed by atoms with E-state index in [0.717, 1.165) is 52.6 Å². The topological polar surface area (TPSA) is 45.8 Å². The molecule has 2 N–H and O–H groups in total. The summed E-state index contributed by atoms with van der Waals surface area (Å²) in [7, 11) is 0. The Morgan fingerprint density at radius 1 is 1.33 bits per heavy atom. The molecular weight excluding hydrogens is 250 g/mol. The van der Waals surface area contributed by atoms with Gasteiger partial charge in [-0.05, 0) is 26.1 Å². The first-order valence-electron chi connectivity index (χ1n) is 6.69. The van der Waals surface area contributed by atoms with Crippen LogP contribution in [0.3, 0.4) is 0 Å². The number of ether oxygens (including phenoxy) is 2. The lowest BCUT2D eigenvalue weighted by Crippen LogP contribution is -2.52. The number of nitrogens with one attached hydrogen (secondary N) is 2. The minimum Gasteiger partial charge on any atom is -0.380 e. The second-order valence-electron chi connectivity index (χ2n) is 4.20. The molecule has 1 atom stereocenters. The Balaban J connectivity index is 2.36. The first-order valence-corrected chi connectivity index (χ1v) is 7.10. The second kappa shape index (κ2) is 9.49. The standard InChI is InChI=1S/C12H25N3O2S/c1-3-13-12(18)14-9-11(10-16-4-2)15-5-7-17-8-6-15/h11H,3-10H2,1-2H3,(H2,13,14,18). The molecule has 0 aromatic rings. The maximum Gasteiger partial charge on any atom is 0.166 e. The lowest BCUT2D eigenvalue weighted by atomic mass is 10.2. The van der Waals surface area contributed by atoms with Crippen molar-refractivity contribution in [2.24, 2.45) is 0 Å². The van der Waals surface area contributed by atoms with Crippen LogP contribution in [0.2, 0.25) is 0 Å². The van der Waals surface area contributed by atoms with Gasteiger partial charge in [0.15, 0.2) is 5.11 Å². The monoisotopic (exact) mass is 275 g/mol. The van der Waals surface area contributed by atoms with Crippen molar-refractivity contribution in [2.75, 3.05) is 52.6 Å². The van der Waals surface area contributed by atoms with Gasteiger partial charge in [-0.25, -0.2) is 0 Å². The third-order valence-electron chi connectivity index (χ3n) is 2.91. The highest BCUT2D eigenvalue weighted by Crippen LogP contribution is 2.04. The minimum absolute atomic E-state index is 0.352. The van der Waals surface area contributed by atoms with Gasteiger partial charge in [0.1, 0.15) is 0 Å². The highest BCUT2D eigenvalue weighted by molar-refractivity contribution is 7.80. The summed E-state index contributed by atoms with van der Waals surface area (Å²) in [5.41, 5.74) is 0. The minimum atomic E-state index is 0.352. The Kier molecular flexibility index (Phi) is 8.24. The van der Waals surface area contributed by atoms with E-state index in [1.165, 1.54) is 0 Å². The van der Waals surface area contributed by atoms with Crippen molar-refractivity contribution >= 4 is 17.3 Å². The quantitative estimate of drug-likeness (QED) is 0.648. The zero-order chi connectivity index (χ0) is 13.2. The molecule has 0 radical (unpaired) electrons. The summed E-state index contributed by atoms with van der Waals surface area (Å²) in [4.78, 5) is 2.40. The maximum atomic E-state index is 5.55. The van der Waals surface area contributed by atoms with Crippen molar-refractivity contribution < 1.29 is 9.47 Å². The van der Waals surface area contributed by atoms with Gasteiger partial charge in [0.25, 0.3) is 0 Å². The van der Waals surface area contributed by atoms with Crippen LogP contribution >= 0.6 is 12.2 Å². The molecule has 0 saturated carbocycles. The fourth-order valence-corrected chi connectivity index (χ4v) is 2.15. The zero-order valence-electron chi connectivity index (χ0n) is 11.4. The fourth-order valence-electron chi connectivity index (χ4n) is 1.92. The second-order valence-corrected chi connectivity index (χ2v) is 4.61. The molecule has 18 heavy (non-hydrogen) atoms. The molecule has 1 aliphatic heterocycles. The summed E-state index contributed by atoms with van der Waals surface area (Å²) in [5.74, 6) is 0. The van der Waals surface area contributed by atoms with E-state index in [-0.39, 0.29) is 0 Å². The van der Waals surface area contributed by atoms with Gasteiger partial charge in [-0.1, -0.05) is 0 Å². The Hall–Kier alpha value is -0.430. The van der Waals surface area contributed by atoms with E-state index in [4.69, 9.17) is 21.7 Å². The number of hydrogen-bond acceptors (Lipinski definition) is 4. The van der Waals surface area contributed by atoms with Crippen molar-refractivity contribution in [1.29, 1.82) is 0 Å². The van der Waals surface area contributed by atoms with Crippen molar-refractivity contribution in [3.05, 3.63) is 0 Å². The fraction of sp³-hybridized carbons (Fsp3) is 0.917. The van der Waals surface area contributed by atoms with Crippen LogP contribution in [0.25, 0.3) is 0 Å². The molecule has 1 fully saturated rings. The Morgan fingerprint density at radius 3 is 2.67 bits per heavy atom. The molecule has 1 rings (SSSR count). The SMILES string of the molecule is CCNC(=S)NCC(COCC)N1CCOCC1. The maximum absolute atomic E-state index is 5.55. The van der Waals surface area contributed by atoms with Gasteiger partial charge < -0.3 is 20.1 Å². The normalized spacial score (nSPS) is 18.3. The molecule has 0 spiro atoms. The first kappa shape index (κ1) is 15.6. The van der Waals surface area contributed by atoms with Crippen LogP contribution in [-0.2, 0) is 9.47 Å². The number of morpholine rings is 1. The summed E-state index contributed by atoms with van der Waals surface area (Å²) in [5, 5.41) is 7.06. The predicted molar refractivity (Wildman–Crippen MR) is 77.0 cm³/mol. The van der Waals surface area contributed by atoms with Gasteiger partial charge in [-0.3, -0.25) is 4.90 Å². The van der Waals surface area contributed by atoms with Crippen LogP contribution < -0.4 is 10.6 Å². The molecule has 0 aromatic heterocycles. The summed E-state index contributed by atoms with van der Waals surface area (Å²) < 4.78 is 10.9. The van der Waals surface area contributed by atoms with Crippen LogP contribution in [0.1, 0.15) is 13.8 Å².